The fourth-order valence-corrected chi connectivity index (χ4v) is 2.56. The predicted octanol–water partition coefficient (Wildman–Crippen LogP) is 1.71. The zero-order valence-corrected chi connectivity index (χ0v) is 11.6. The molecule has 1 aliphatic rings. The summed E-state index contributed by atoms with van der Waals surface area (Å²) in [5, 5.41) is 0. The van der Waals surface area contributed by atoms with E-state index in [-0.39, 0.29) is 24.1 Å². The summed E-state index contributed by atoms with van der Waals surface area (Å²) in [7, 11) is 1.84. The van der Waals surface area contributed by atoms with E-state index in [1.54, 1.807) is 4.90 Å². The number of hydrogen-bond donors (Lipinski definition) is 1. The summed E-state index contributed by atoms with van der Waals surface area (Å²) < 4.78 is 5.50. The molecule has 1 aliphatic heterocycles. The van der Waals surface area contributed by atoms with E-state index < -0.39 is 0 Å². The number of rotatable bonds is 4. The third kappa shape index (κ3) is 3.33. The number of carbonyl (C=O) groups is 1. The molecule has 1 amide bonds. The van der Waals surface area contributed by atoms with Gasteiger partial charge in [0.1, 0.15) is 0 Å². The Kier molecular flexibility index (Phi) is 4.56. The van der Waals surface area contributed by atoms with Crippen molar-refractivity contribution in [3.8, 4) is 0 Å². The van der Waals surface area contributed by atoms with E-state index in [1.165, 1.54) is 0 Å². The Bertz CT molecular complexity index is 421. The molecule has 104 valence electrons. The summed E-state index contributed by atoms with van der Waals surface area (Å²) in [5.41, 5.74) is 7.09. The average molecular weight is 262 g/mol. The van der Waals surface area contributed by atoms with Crippen LogP contribution in [0, 0.1) is 0 Å². The molecule has 0 radical (unpaired) electrons. The SMILES string of the molecule is CC1OCCC1N(C)C(=O)CC(N)c1ccccc1. The van der Waals surface area contributed by atoms with Gasteiger partial charge in [-0.15, -0.1) is 0 Å². The van der Waals surface area contributed by atoms with Crippen molar-refractivity contribution in [2.24, 2.45) is 5.73 Å². The van der Waals surface area contributed by atoms with Gasteiger partial charge in [0, 0.05) is 26.1 Å². The smallest absolute Gasteiger partial charge is 0.224 e. The van der Waals surface area contributed by atoms with Gasteiger partial charge in [0.25, 0.3) is 0 Å². The minimum absolute atomic E-state index is 0.0821. The van der Waals surface area contributed by atoms with Crippen LogP contribution in [0.5, 0.6) is 0 Å². The lowest BCUT2D eigenvalue weighted by atomic mass is 10.0. The lowest BCUT2D eigenvalue weighted by molar-refractivity contribution is -0.133. The highest BCUT2D eigenvalue weighted by atomic mass is 16.5. The van der Waals surface area contributed by atoms with Crippen LogP contribution < -0.4 is 5.73 Å². The average Bonchev–Trinajstić information content (AvgIpc) is 2.85. The third-order valence-corrected chi connectivity index (χ3v) is 3.85. The minimum Gasteiger partial charge on any atom is -0.376 e. The molecule has 0 saturated carbocycles. The van der Waals surface area contributed by atoms with Crippen molar-refractivity contribution in [2.75, 3.05) is 13.7 Å². The fraction of sp³-hybridized carbons (Fsp3) is 0.533. The molecule has 1 fully saturated rings. The Morgan fingerprint density at radius 3 is 2.74 bits per heavy atom. The van der Waals surface area contributed by atoms with Crippen LogP contribution in [0.4, 0.5) is 0 Å². The van der Waals surface area contributed by atoms with E-state index in [9.17, 15) is 4.79 Å². The van der Waals surface area contributed by atoms with Crippen LogP contribution in [0.1, 0.15) is 31.4 Å². The molecular weight excluding hydrogens is 240 g/mol. The first kappa shape index (κ1) is 14.0. The first-order chi connectivity index (χ1) is 9.09. The van der Waals surface area contributed by atoms with Crippen LogP contribution in [0.2, 0.25) is 0 Å². The molecule has 3 atom stereocenters. The molecule has 0 bridgehead atoms. The molecule has 4 nitrogen and oxygen atoms in total. The highest BCUT2D eigenvalue weighted by molar-refractivity contribution is 5.77. The maximum absolute atomic E-state index is 12.2. The lowest BCUT2D eigenvalue weighted by Gasteiger charge is -2.28. The van der Waals surface area contributed by atoms with Crippen molar-refractivity contribution in [1.29, 1.82) is 0 Å². The molecule has 2 N–H and O–H groups in total. The van der Waals surface area contributed by atoms with Gasteiger partial charge in [-0.3, -0.25) is 4.79 Å². The Balaban J connectivity index is 1.93. The lowest BCUT2D eigenvalue weighted by Crippen LogP contribution is -2.42. The Morgan fingerprint density at radius 2 is 2.16 bits per heavy atom. The number of likely N-dealkylation sites (N-methyl/N-ethyl adjacent to an activating group) is 1. The van der Waals surface area contributed by atoms with Crippen LogP contribution >= 0.6 is 0 Å². The van der Waals surface area contributed by atoms with Gasteiger partial charge < -0.3 is 15.4 Å². The van der Waals surface area contributed by atoms with Gasteiger partial charge >= 0.3 is 0 Å². The molecule has 1 aromatic rings. The van der Waals surface area contributed by atoms with E-state index in [4.69, 9.17) is 10.5 Å². The fourth-order valence-electron chi connectivity index (χ4n) is 2.56. The van der Waals surface area contributed by atoms with Crippen LogP contribution in [-0.2, 0) is 9.53 Å². The first-order valence-corrected chi connectivity index (χ1v) is 6.77. The number of carbonyl (C=O) groups excluding carboxylic acids is 1. The number of nitrogens with zero attached hydrogens (tertiary/aromatic N) is 1. The summed E-state index contributed by atoms with van der Waals surface area (Å²) in [6.45, 7) is 2.74. The summed E-state index contributed by atoms with van der Waals surface area (Å²) >= 11 is 0. The topological polar surface area (TPSA) is 55.6 Å². The summed E-state index contributed by atoms with van der Waals surface area (Å²) in [5.74, 6) is 0.0821. The first-order valence-electron chi connectivity index (χ1n) is 6.77. The third-order valence-electron chi connectivity index (χ3n) is 3.85. The van der Waals surface area contributed by atoms with Gasteiger partial charge in [-0.05, 0) is 18.9 Å². The van der Waals surface area contributed by atoms with Crippen LogP contribution in [0.3, 0.4) is 0 Å². The zero-order valence-electron chi connectivity index (χ0n) is 11.6. The van der Waals surface area contributed by atoms with Crippen LogP contribution in [0.25, 0.3) is 0 Å². The van der Waals surface area contributed by atoms with Gasteiger partial charge in [0.2, 0.25) is 5.91 Å². The van der Waals surface area contributed by atoms with E-state index >= 15 is 0 Å². The molecule has 4 heteroatoms. The molecule has 1 heterocycles. The second kappa shape index (κ2) is 6.17. The highest BCUT2D eigenvalue weighted by Gasteiger charge is 2.31. The molecule has 1 aromatic carbocycles. The molecular formula is C15H22N2O2. The van der Waals surface area contributed by atoms with Crippen molar-refractivity contribution in [3.63, 3.8) is 0 Å². The Morgan fingerprint density at radius 1 is 1.47 bits per heavy atom. The van der Waals surface area contributed by atoms with Crippen molar-refractivity contribution in [3.05, 3.63) is 35.9 Å². The minimum atomic E-state index is -0.242. The molecule has 0 spiro atoms. The molecule has 3 unspecified atom stereocenters. The van der Waals surface area contributed by atoms with E-state index in [2.05, 4.69) is 0 Å². The predicted molar refractivity (Wildman–Crippen MR) is 74.6 cm³/mol. The maximum Gasteiger partial charge on any atom is 0.224 e. The molecule has 2 rings (SSSR count). The van der Waals surface area contributed by atoms with Crippen molar-refractivity contribution in [1.82, 2.24) is 4.90 Å². The largest absolute Gasteiger partial charge is 0.376 e. The summed E-state index contributed by atoms with van der Waals surface area (Å²) in [6.07, 6.45) is 1.36. The van der Waals surface area contributed by atoms with Crippen LogP contribution in [0.15, 0.2) is 30.3 Å². The maximum atomic E-state index is 12.2. The molecule has 0 aliphatic carbocycles. The second-order valence-electron chi connectivity index (χ2n) is 5.16. The number of nitrogens with two attached hydrogens (primary N) is 1. The number of amides is 1. The molecule has 0 aromatic heterocycles. The Hall–Kier alpha value is -1.39. The molecule has 1 saturated heterocycles. The quantitative estimate of drug-likeness (QED) is 0.898. The van der Waals surface area contributed by atoms with Crippen molar-refractivity contribution >= 4 is 5.91 Å². The zero-order chi connectivity index (χ0) is 13.8. The highest BCUT2D eigenvalue weighted by Crippen LogP contribution is 2.21. The van der Waals surface area contributed by atoms with Gasteiger partial charge in [0.15, 0.2) is 0 Å². The van der Waals surface area contributed by atoms with Gasteiger partial charge in [-0.1, -0.05) is 30.3 Å². The van der Waals surface area contributed by atoms with E-state index in [0.717, 1.165) is 18.6 Å². The Labute approximate surface area is 114 Å². The van der Waals surface area contributed by atoms with Crippen LogP contribution in [-0.4, -0.2) is 36.6 Å². The van der Waals surface area contributed by atoms with Crippen molar-refractivity contribution in [2.45, 2.75) is 38.0 Å². The molecule has 19 heavy (non-hydrogen) atoms. The van der Waals surface area contributed by atoms with Crippen molar-refractivity contribution < 1.29 is 9.53 Å². The number of ether oxygens (including phenoxy) is 1. The standard InChI is InChI=1S/C15H22N2O2/c1-11-14(8-9-19-11)17(2)15(18)10-13(16)12-6-4-3-5-7-12/h3-7,11,13-14H,8-10,16H2,1-2H3. The monoisotopic (exact) mass is 262 g/mol. The van der Waals surface area contributed by atoms with E-state index in [1.807, 2.05) is 44.3 Å². The summed E-state index contributed by atoms with van der Waals surface area (Å²) in [4.78, 5) is 14.0. The normalized spacial score (nSPS) is 24.2. The summed E-state index contributed by atoms with van der Waals surface area (Å²) in [6, 6.07) is 9.68. The van der Waals surface area contributed by atoms with E-state index in [0.29, 0.717) is 6.42 Å². The second-order valence-corrected chi connectivity index (χ2v) is 5.16. The van der Waals surface area contributed by atoms with Gasteiger partial charge in [-0.2, -0.15) is 0 Å². The van der Waals surface area contributed by atoms with Gasteiger partial charge in [-0.25, -0.2) is 0 Å². The number of benzene rings is 1. The number of hydrogen-bond acceptors (Lipinski definition) is 3. The van der Waals surface area contributed by atoms with Gasteiger partial charge in [0.05, 0.1) is 12.1 Å².